The maximum absolute atomic E-state index is 10.7. The Kier molecular flexibility index (Phi) is 6.06. The van der Waals surface area contributed by atoms with Crippen molar-refractivity contribution in [2.24, 2.45) is 5.41 Å². The van der Waals surface area contributed by atoms with Gasteiger partial charge in [0.2, 0.25) is 6.41 Å². The molecule has 3 rings (SSSR count). The Bertz CT molecular complexity index is 1090. The third kappa shape index (κ3) is 4.76. The SMILES string of the molecule is Cc1ccccc1-c1cc(NC(=N)NC=O)c2cc(OC(C)C(C)(C)C)ccc2n1. The smallest absolute Gasteiger partial charge is 0.213 e. The molecule has 0 saturated heterocycles. The van der Waals surface area contributed by atoms with Gasteiger partial charge in [-0.3, -0.25) is 15.5 Å². The molecule has 0 fully saturated rings. The minimum absolute atomic E-state index is 0.00100. The average Bonchev–Trinajstić information content (AvgIpc) is 2.68. The zero-order valence-corrected chi connectivity index (χ0v) is 18.0. The molecule has 0 radical (unpaired) electrons. The number of guanidine groups is 1. The van der Waals surface area contributed by atoms with Crippen molar-refractivity contribution < 1.29 is 9.53 Å². The molecule has 1 aromatic heterocycles. The summed E-state index contributed by atoms with van der Waals surface area (Å²) in [6.07, 6.45) is 0.487. The molecule has 0 bridgehead atoms. The van der Waals surface area contributed by atoms with Crippen molar-refractivity contribution in [3.63, 3.8) is 0 Å². The van der Waals surface area contributed by atoms with E-state index in [4.69, 9.17) is 15.1 Å². The van der Waals surface area contributed by atoms with Crippen LogP contribution in [0.3, 0.4) is 0 Å². The number of ether oxygens (including phenoxy) is 1. The van der Waals surface area contributed by atoms with Crippen LogP contribution in [0.2, 0.25) is 0 Å². The lowest BCUT2D eigenvalue weighted by molar-refractivity contribution is -0.108. The molecule has 3 aromatic rings. The second-order valence-corrected chi connectivity index (χ2v) is 8.44. The molecule has 3 N–H and O–H groups in total. The van der Waals surface area contributed by atoms with Crippen LogP contribution in [-0.4, -0.2) is 23.5 Å². The standard InChI is InChI=1S/C24H28N4O2/c1-15-8-6-7-9-18(15)21-13-22(28-23(25)26-14-29)19-12-17(10-11-20(19)27-21)30-16(2)24(3,4)5/h6-14,16H,1-5H3,(H3,25,26,27,28,29). The number of benzene rings is 2. The molecule has 156 valence electrons. The summed E-state index contributed by atoms with van der Waals surface area (Å²) in [6.45, 7) is 10.5. The summed E-state index contributed by atoms with van der Waals surface area (Å²) in [5, 5.41) is 14.1. The van der Waals surface area contributed by atoms with E-state index in [1.54, 1.807) is 0 Å². The van der Waals surface area contributed by atoms with E-state index in [0.29, 0.717) is 12.1 Å². The number of carbonyl (C=O) groups excluding carboxylic acids is 1. The number of amides is 1. The quantitative estimate of drug-likeness (QED) is 0.313. The van der Waals surface area contributed by atoms with Gasteiger partial charge in [-0.15, -0.1) is 0 Å². The molecule has 1 atom stereocenters. The highest BCUT2D eigenvalue weighted by Gasteiger charge is 2.22. The van der Waals surface area contributed by atoms with E-state index < -0.39 is 0 Å². The fraction of sp³-hybridized carbons (Fsp3) is 0.292. The van der Waals surface area contributed by atoms with Crippen molar-refractivity contribution in [2.45, 2.75) is 40.7 Å². The second kappa shape index (κ2) is 8.53. The summed E-state index contributed by atoms with van der Waals surface area (Å²) < 4.78 is 6.15. The van der Waals surface area contributed by atoms with E-state index in [1.807, 2.05) is 62.4 Å². The summed E-state index contributed by atoms with van der Waals surface area (Å²) in [7, 11) is 0. The highest BCUT2D eigenvalue weighted by atomic mass is 16.5. The fourth-order valence-corrected chi connectivity index (χ4v) is 2.99. The largest absolute Gasteiger partial charge is 0.490 e. The number of pyridine rings is 1. The number of anilines is 1. The van der Waals surface area contributed by atoms with Crippen LogP contribution in [0.5, 0.6) is 5.75 Å². The lowest BCUT2D eigenvalue weighted by Gasteiger charge is -2.28. The monoisotopic (exact) mass is 404 g/mol. The molecule has 0 spiro atoms. The van der Waals surface area contributed by atoms with Crippen LogP contribution >= 0.6 is 0 Å². The number of nitrogens with one attached hydrogen (secondary N) is 3. The number of nitrogens with zero attached hydrogens (tertiary/aromatic N) is 1. The normalized spacial score (nSPS) is 12.3. The molecule has 2 aromatic carbocycles. The number of hydrogen-bond acceptors (Lipinski definition) is 4. The van der Waals surface area contributed by atoms with E-state index in [9.17, 15) is 4.79 Å². The van der Waals surface area contributed by atoms with Crippen LogP contribution in [0, 0.1) is 17.7 Å². The first-order valence-corrected chi connectivity index (χ1v) is 9.92. The van der Waals surface area contributed by atoms with Gasteiger partial charge in [0.05, 0.1) is 16.9 Å². The van der Waals surface area contributed by atoms with Crippen molar-refractivity contribution in [1.29, 1.82) is 5.41 Å². The number of aryl methyl sites for hydroxylation is 1. The third-order valence-electron chi connectivity index (χ3n) is 5.20. The molecule has 6 nitrogen and oxygen atoms in total. The Morgan fingerprint density at radius 2 is 1.90 bits per heavy atom. The summed E-state index contributed by atoms with van der Waals surface area (Å²) in [5.41, 5.74) is 4.35. The van der Waals surface area contributed by atoms with E-state index in [0.717, 1.165) is 33.5 Å². The topological polar surface area (TPSA) is 87.1 Å². The Labute approximate surface area is 177 Å². The molecule has 0 saturated carbocycles. The van der Waals surface area contributed by atoms with Gasteiger partial charge in [0.1, 0.15) is 11.9 Å². The molecular weight excluding hydrogens is 376 g/mol. The molecule has 0 aliphatic rings. The molecule has 6 heteroatoms. The molecule has 1 amide bonds. The van der Waals surface area contributed by atoms with Gasteiger partial charge in [0.25, 0.3) is 0 Å². The Morgan fingerprint density at radius 1 is 1.17 bits per heavy atom. The minimum Gasteiger partial charge on any atom is -0.490 e. The van der Waals surface area contributed by atoms with E-state index in [-0.39, 0.29) is 17.5 Å². The second-order valence-electron chi connectivity index (χ2n) is 8.44. The average molecular weight is 405 g/mol. The predicted octanol–water partition coefficient (Wildman–Crippen LogP) is 5.12. The van der Waals surface area contributed by atoms with E-state index in [1.165, 1.54) is 0 Å². The van der Waals surface area contributed by atoms with Crippen LogP contribution in [0.25, 0.3) is 22.2 Å². The highest BCUT2D eigenvalue weighted by molar-refractivity contribution is 6.05. The van der Waals surface area contributed by atoms with Crippen molar-refractivity contribution in [2.75, 3.05) is 5.32 Å². The minimum atomic E-state index is -0.109. The maximum atomic E-state index is 10.7. The van der Waals surface area contributed by atoms with Gasteiger partial charge < -0.3 is 10.1 Å². The summed E-state index contributed by atoms with van der Waals surface area (Å²) >= 11 is 0. The van der Waals surface area contributed by atoms with Crippen molar-refractivity contribution >= 4 is 29.0 Å². The molecular formula is C24H28N4O2. The van der Waals surface area contributed by atoms with Gasteiger partial charge in [0, 0.05) is 10.9 Å². The third-order valence-corrected chi connectivity index (χ3v) is 5.20. The molecule has 1 heterocycles. The molecule has 1 unspecified atom stereocenters. The predicted molar refractivity (Wildman–Crippen MR) is 122 cm³/mol. The number of carbonyl (C=O) groups is 1. The zero-order valence-electron chi connectivity index (χ0n) is 18.0. The number of rotatable bonds is 5. The first-order chi connectivity index (χ1) is 14.2. The first kappa shape index (κ1) is 21.3. The number of hydrogen-bond donors (Lipinski definition) is 3. The van der Waals surface area contributed by atoms with Crippen LogP contribution in [0.15, 0.2) is 48.5 Å². The van der Waals surface area contributed by atoms with Crippen molar-refractivity contribution in [3.05, 3.63) is 54.1 Å². The zero-order chi connectivity index (χ0) is 21.9. The highest BCUT2D eigenvalue weighted by Crippen LogP contribution is 2.33. The Hall–Kier alpha value is -3.41. The lowest BCUT2D eigenvalue weighted by Crippen LogP contribution is -2.29. The maximum Gasteiger partial charge on any atom is 0.213 e. The molecule has 30 heavy (non-hydrogen) atoms. The van der Waals surface area contributed by atoms with Gasteiger partial charge in [-0.05, 0) is 49.1 Å². The Balaban J connectivity index is 2.11. The van der Waals surface area contributed by atoms with Gasteiger partial charge >= 0.3 is 0 Å². The van der Waals surface area contributed by atoms with Gasteiger partial charge in [-0.2, -0.15) is 0 Å². The van der Waals surface area contributed by atoms with Crippen molar-refractivity contribution in [1.82, 2.24) is 10.3 Å². The van der Waals surface area contributed by atoms with Crippen LogP contribution in [-0.2, 0) is 4.79 Å². The van der Waals surface area contributed by atoms with Crippen LogP contribution in [0.1, 0.15) is 33.3 Å². The van der Waals surface area contributed by atoms with Gasteiger partial charge in [0.15, 0.2) is 5.96 Å². The molecule has 0 aliphatic carbocycles. The summed E-state index contributed by atoms with van der Waals surface area (Å²) in [4.78, 5) is 15.6. The van der Waals surface area contributed by atoms with Crippen LogP contribution in [0.4, 0.5) is 5.69 Å². The summed E-state index contributed by atoms with van der Waals surface area (Å²) in [6, 6.07) is 15.7. The van der Waals surface area contributed by atoms with Gasteiger partial charge in [-0.1, -0.05) is 45.0 Å². The number of fused-ring (bicyclic) bond motifs is 1. The first-order valence-electron chi connectivity index (χ1n) is 9.92. The molecule has 0 aliphatic heterocycles. The van der Waals surface area contributed by atoms with Crippen molar-refractivity contribution in [3.8, 4) is 17.0 Å². The Morgan fingerprint density at radius 3 is 2.57 bits per heavy atom. The lowest BCUT2D eigenvalue weighted by atomic mass is 9.90. The van der Waals surface area contributed by atoms with Gasteiger partial charge in [-0.25, -0.2) is 4.98 Å². The fourth-order valence-electron chi connectivity index (χ4n) is 2.99. The van der Waals surface area contributed by atoms with Crippen LogP contribution < -0.4 is 15.4 Å². The number of aromatic nitrogens is 1. The van der Waals surface area contributed by atoms with E-state index in [2.05, 4.69) is 31.4 Å². The summed E-state index contributed by atoms with van der Waals surface area (Å²) in [5.74, 6) is 0.621. The van der Waals surface area contributed by atoms with E-state index >= 15 is 0 Å².